The van der Waals surface area contributed by atoms with Crippen LogP contribution in [0.25, 0.3) is 22.2 Å². The summed E-state index contributed by atoms with van der Waals surface area (Å²) in [5, 5.41) is 3.36. The molecule has 8 heteroatoms. The Labute approximate surface area is 129 Å². The first-order valence-corrected chi connectivity index (χ1v) is 6.93. The number of aromatic nitrogens is 3. The molecule has 0 aliphatic carbocycles. The van der Waals surface area contributed by atoms with Crippen LogP contribution >= 0.6 is 0 Å². The Bertz CT molecular complexity index is 808. The number of alkyl halides is 3. The van der Waals surface area contributed by atoms with Crippen LogP contribution in [0.1, 0.15) is 6.42 Å². The van der Waals surface area contributed by atoms with Crippen molar-refractivity contribution in [2.75, 3.05) is 17.6 Å². The van der Waals surface area contributed by atoms with Crippen LogP contribution in [-0.4, -0.2) is 27.7 Å². The molecule has 0 atom stereocenters. The molecule has 0 aliphatic rings. The number of nitrogens with zero attached hydrogens (tertiary/aromatic N) is 2. The maximum Gasteiger partial charge on any atom is 0.390 e. The second kappa shape index (κ2) is 5.79. The van der Waals surface area contributed by atoms with E-state index in [0.717, 1.165) is 16.5 Å². The summed E-state index contributed by atoms with van der Waals surface area (Å²) in [6.45, 7) is -0.263. The van der Waals surface area contributed by atoms with Crippen molar-refractivity contribution in [3.8, 4) is 11.1 Å². The molecule has 1 aromatic carbocycles. The minimum absolute atomic E-state index is 0.160. The monoisotopic (exact) mass is 321 g/mol. The Morgan fingerprint density at radius 2 is 1.91 bits per heavy atom. The SMILES string of the molecule is Nc1ccc(-c2c[nH]c3nc(NCCC(F)(F)F)ncc23)cc1. The van der Waals surface area contributed by atoms with Crippen molar-refractivity contribution in [2.24, 2.45) is 0 Å². The van der Waals surface area contributed by atoms with Crippen LogP contribution in [0.2, 0.25) is 0 Å². The molecule has 5 nitrogen and oxygen atoms in total. The number of hydrogen-bond acceptors (Lipinski definition) is 4. The zero-order chi connectivity index (χ0) is 16.4. The first kappa shape index (κ1) is 15.1. The van der Waals surface area contributed by atoms with E-state index in [1.165, 1.54) is 0 Å². The third-order valence-corrected chi connectivity index (χ3v) is 3.35. The maximum atomic E-state index is 12.1. The number of benzene rings is 1. The van der Waals surface area contributed by atoms with Crippen LogP contribution in [0.15, 0.2) is 36.7 Å². The van der Waals surface area contributed by atoms with Gasteiger partial charge in [0.25, 0.3) is 0 Å². The fraction of sp³-hybridized carbons (Fsp3) is 0.200. The molecule has 0 saturated carbocycles. The molecule has 0 spiro atoms. The van der Waals surface area contributed by atoms with Crippen molar-refractivity contribution in [2.45, 2.75) is 12.6 Å². The smallest absolute Gasteiger partial charge is 0.390 e. The quantitative estimate of drug-likeness (QED) is 0.642. The normalized spacial score (nSPS) is 11.8. The summed E-state index contributed by atoms with van der Waals surface area (Å²) in [6, 6.07) is 7.35. The number of nitrogens with one attached hydrogen (secondary N) is 2. The Balaban J connectivity index is 1.81. The summed E-state index contributed by atoms with van der Waals surface area (Å²) in [7, 11) is 0. The van der Waals surface area contributed by atoms with Crippen molar-refractivity contribution < 1.29 is 13.2 Å². The lowest BCUT2D eigenvalue weighted by Gasteiger charge is -2.07. The van der Waals surface area contributed by atoms with Crippen molar-refractivity contribution in [1.82, 2.24) is 15.0 Å². The Morgan fingerprint density at radius 1 is 1.17 bits per heavy atom. The molecular weight excluding hydrogens is 307 g/mol. The highest BCUT2D eigenvalue weighted by Crippen LogP contribution is 2.28. The number of halogens is 3. The van der Waals surface area contributed by atoms with Crippen LogP contribution in [0.3, 0.4) is 0 Å². The highest BCUT2D eigenvalue weighted by molar-refractivity contribution is 5.93. The fourth-order valence-electron chi connectivity index (χ4n) is 2.21. The minimum atomic E-state index is -4.20. The molecule has 0 aliphatic heterocycles. The van der Waals surface area contributed by atoms with Crippen LogP contribution in [0, 0.1) is 0 Å². The van der Waals surface area contributed by atoms with Gasteiger partial charge in [0.2, 0.25) is 5.95 Å². The van der Waals surface area contributed by atoms with E-state index in [0.29, 0.717) is 11.3 Å². The van der Waals surface area contributed by atoms with Gasteiger partial charge in [-0.1, -0.05) is 12.1 Å². The van der Waals surface area contributed by atoms with Crippen molar-refractivity contribution in [3.05, 3.63) is 36.7 Å². The van der Waals surface area contributed by atoms with Gasteiger partial charge in [-0.25, -0.2) is 4.98 Å². The lowest BCUT2D eigenvalue weighted by Crippen LogP contribution is -2.15. The molecule has 0 bridgehead atoms. The zero-order valence-corrected chi connectivity index (χ0v) is 12.0. The standard InChI is InChI=1S/C15H14F3N5/c16-15(17,18)5-6-20-14-22-8-12-11(7-21-13(12)23-14)9-1-3-10(19)4-2-9/h1-4,7-8H,5-6,19H2,(H2,20,21,22,23). The van der Waals surface area contributed by atoms with E-state index in [4.69, 9.17) is 5.73 Å². The van der Waals surface area contributed by atoms with Crippen molar-refractivity contribution in [3.63, 3.8) is 0 Å². The van der Waals surface area contributed by atoms with Crippen molar-refractivity contribution >= 4 is 22.7 Å². The average Bonchev–Trinajstić information content (AvgIpc) is 2.90. The number of nitrogens with two attached hydrogens (primary N) is 1. The third-order valence-electron chi connectivity index (χ3n) is 3.35. The minimum Gasteiger partial charge on any atom is -0.399 e. The largest absolute Gasteiger partial charge is 0.399 e. The lowest BCUT2D eigenvalue weighted by molar-refractivity contribution is -0.131. The summed E-state index contributed by atoms with van der Waals surface area (Å²) in [5.74, 6) is 0.160. The highest BCUT2D eigenvalue weighted by Gasteiger charge is 2.26. The van der Waals surface area contributed by atoms with Gasteiger partial charge in [0.1, 0.15) is 5.65 Å². The second-order valence-electron chi connectivity index (χ2n) is 5.07. The van der Waals surface area contributed by atoms with Gasteiger partial charge in [0.15, 0.2) is 0 Å². The summed E-state index contributed by atoms with van der Waals surface area (Å²) in [6.07, 6.45) is -1.77. The number of hydrogen-bond donors (Lipinski definition) is 3. The predicted molar refractivity (Wildman–Crippen MR) is 82.9 cm³/mol. The Kier molecular flexibility index (Phi) is 3.81. The van der Waals surface area contributed by atoms with Gasteiger partial charge in [-0.2, -0.15) is 18.2 Å². The summed E-state index contributed by atoms with van der Waals surface area (Å²) in [5.41, 5.74) is 8.75. The molecular formula is C15H14F3N5. The molecule has 3 aromatic rings. The van der Waals surface area contributed by atoms with Crippen LogP contribution < -0.4 is 11.1 Å². The van der Waals surface area contributed by atoms with Crippen LogP contribution in [0.4, 0.5) is 24.8 Å². The molecule has 3 rings (SSSR count). The second-order valence-corrected chi connectivity index (χ2v) is 5.07. The van der Waals surface area contributed by atoms with E-state index >= 15 is 0 Å². The Hall–Kier alpha value is -2.77. The molecule has 2 aromatic heterocycles. The van der Waals surface area contributed by atoms with Gasteiger partial charge in [-0.05, 0) is 17.7 Å². The van der Waals surface area contributed by atoms with Gasteiger partial charge >= 0.3 is 6.18 Å². The lowest BCUT2D eigenvalue weighted by atomic mass is 10.1. The first-order chi connectivity index (χ1) is 10.9. The molecule has 2 heterocycles. The van der Waals surface area contributed by atoms with E-state index in [1.54, 1.807) is 24.5 Å². The molecule has 0 saturated heterocycles. The van der Waals surface area contributed by atoms with Crippen LogP contribution in [0.5, 0.6) is 0 Å². The fourth-order valence-corrected chi connectivity index (χ4v) is 2.21. The van der Waals surface area contributed by atoms with Gasteiger partial charge < -0.3 is 16.0 Å². The molecule has 0 unspecified atom stereocenters. The number of fused-ring (bicyclic) bond motifs is 1. The van der Waals surface area contributed by atoms with Crippen molar-refractivity contribution in [1.29, 1.82) is 0 Å². The number of aromatic amines is 1. The number of H-pyrrole nitrogens is 1. The summed E-state index contributed by atoms with van der Waals surface area (Å²) < 4.78 is 36.4. The van der Waals surface area contributed by atoms with Gasteiger partial charge in [0, 0.05) is 35.6 Å². The topological polar surface area (TPSA) is 79.6 Å². The van der Waals surface area contributed by atoms with E-state index in [2.05, 4.69) is 20.3 Å². The molecule has 120 valence electrons. The average molecular weight is 321 g/mol. The van der Waals surface area contributed by atoms with E-state index in [-0.39, 0.29) is 12.5 Å². The van der Waals surface area contributed by atoms with Gasteiger partial charge in [-0.15, -0.1) is 0 Å². The number of nitrogen functional groups attached to an aromatic ring is 1. The zero-order valence-electron chi connectivity index (χ0n) is 12.0. The van der Waals surface area contributed by atoms with E-state index in [1.807, 2.05) is 12.1 Å². The summed E-state index contributed by atoms with van der Waals surface area (Å²) in [4.78, 5) is 11.3. The number of anilines is 2. The Morgan fingerprint density at radius 3 is 2.61 bits per heavy atom. The van der Waals surface area contributed by atoms with Crippen LogP contribution in [-0.2, 0) is 0 Å². The maximum absolute atomic E-state index is 12.1. The first-order valence-electron chi connectivity index (χ1n) is 6.93. The van der Waals surface area contributed by atoms with Gasteiger partial charge in [-0.3, -0.25) is 0 Å². The predicted octanol–water partition coefficient (Wildman–Crippen LogP) is 3.57. The number of rotatable bonds is 4. The third kappa shape index (κ3) is 3.53. The van der Waals surface area contributed by atoms with E-state index < -0.39 is 12.6 Å². The molecule has 4 N–H and O–H groups in total. The molecule has 0 fully saturated rings. The molecule has 0 radical (unpaired) electrons. The highest BCUT2D eigenvalue weighted by atomic mass is 19.4. The summed E-state index contributed by atoms with van der Waals surface area (Å²) >= 11 is 0. The van der Waals surface area contributed by atoms with Gasteiger partial charge in [0.05, 0.1) is 6.42 Å². The van der Waals surface area contributed by atoms with E-state index in [9.17, 15) is 13.2 Å². The molecule has 23 heavy (non-hydrogen) atoms. The molecule has 0 amide bonds.